The Morgan fingerprint density at radius 1 is 1.52 bits per heavy atom. The van der Waals surface area contributed by atoms with E-state index in [-0.39, 0.29) is 11.5 Å². The van der Waals surface area contributed by atoms with Gasteiger partial charge in [0.2, 0.25) is 0 Å². The van der Waals surface area contributed by atoms with Gasteiger partial charge in [0, 0.05) is 12.6 Å². The van der Waals surface area contributed by atoms with Crippen LogP contribution in [0.1, 0.15) is 20.8 Å². The highest BCUT2D eigenvalue weighted by Crippen LogP contribution is 2.15. The molecule has 0 fully saturated rings. The number of rotatable bonds is 4. The summed E-state index contributed by atoms with van der Waals surface area (Å²) in [5, 5.41) is 18.4. The Morgan fingerprint density at radius 2 is 2.14 bits per heavy atom. The van der Waals surface area contributed by atoms with Crippen LogP contribution in [0.25, 0.3) is 0 Å². The zero-order valence-electron chi connectivity index (χ0n) is 12.5. The average molecular weight is 299 g/mol. The summed E-state index contributed by atoms with van der Waals surface area (Å²) in [4.78, 5) is 23.1. The predicted octanol–water partition coefficient (Wildman–Crippen LogP) is -0.174. The van der Waals surface area contributed by atoms with Gasteiger partial charge in [-0.15, -0.1) is 0 Å². The van der Waals surface area contributed by atoms with Crippen molar-refractivity contribution in [3.8, 4) is 0 Å². The van der Waals surface area contributed by atoms with Crippen molar-refractivity contribution < 1.29 is 19.4 Å². The highest BCUT2D eigenvalue weighted by Gasteiger charge is 2.21. The molecule has 0 aliphatic carbocycles. The summed E-state index contributed by atoms with van der Waals surface area (Å²) < 4.78 is 6.13. The van der Waals surface area contributed by atoms with Gasteiger partial charge < -0.3 is 26.2 Å². The Labute approximate surface area is 122 Å². The van der Waals surface area contributed by atoms with E-state index in [0.29, 0.717) is 0 Å². The SMILES string of the molecule is Cn1ncc(NC(=O)C(O)COC(=O)NC(C)(C)C)c1N. The topological polar surface area (TPSA) is 132 Å². The van der Waals surface area contributed by atoms with Crippen molar-refractivity contribution in [2.24, 2.45) is 7.05 Å². The Bertz CT molecular complexity index is 520. The second-order valence-electron chi connectivity index (χ2n) is 5.55. The number of carbonyl (C=O) groups is 2. The van der Waals surface area contributed by atoms with Crippen LogP contribution >= 0.6 is 0 Å². The van der Waals surface area contributed by atoms with Crippen molar-refractivity contribution in [1.29, 1.82) is 0 Å². The molecule has 0 saturated carbocycles. The number of hydrogen-bond acceptors (Lipinski definition) is 6. The fourth-order valence-corrected chi connectivity index (χ4v) is 1.33. The number of aliphatic hydroxyl groups is 1. The summed E-state index contributed by atoms with van der Waals surface area (Å²) in [5.41, 5.74) is 5.47. The number of nitrogens with two attached hydrogens (primary N) is 1. The number of ether oxygens (including phenoxy) is 1. The van der Waals surface area contributed by atoms with Crippen LogP contribution < -0.4 is 16.4 Å². The van der Waals surface area contributed by atoms with E-state index in [2.05, 4.69) is 15.7 Å². The summed E-state index contributed by atoms with van der Waals surface area (Å²) in [6.45, 7) is 4.88. The second kappa shape index (κ2) is 6.44. The minimum atomic E-state index is -1.50. The lowest BCUT2D eigenvalue weighted by molar-refractivity contribution is -0.125. The number of anilines is 2. The number of carbonyl (C=O) groups excluding carboxylic acids is 2. The molecule has 0 radical (unpaired) electrons. The molecule has 1 aromatic rings. The van der Waals surface area contributed by atoms with Gasteiger partial charge in [-0.2, -0.15) is 5.10 Å². The predicted molar refractivity (Wildman–Crippen MR) is 76.5 cm³/mol. The summed E-state index contributed by atoms with van der Waals surface area (Å²) in [6.07, 6.45) is -0.863. The van der Waals surface area contributed by atoms with Gasteiger partial charge in [-0.1, -0.05) is 0 Å². The minimum absolute atomic E-state index is 0.252. The first kappa shape index (κ1) is 16.8. The van der Waals surface area contributed by atoms with E-state index in [1.165, 1.54) is 10.9 Å². The lowest BCUT2D eigenvalue weighted by atomic mass is 10.1. The fourth-order valence-electron chi connectivity index (χ4n) is 1.33. The molecular weight excluding hydrogens is 278 g/mol. The molecule has 1 unspecified atom stereocenters. The van der Waals surface area contributed by atoms with E-state index < -0.39 is 30.3 Å². The maximum Gasteiger partial charge on any atom is 0.407 e. The molecule has 21 heavy (non-hydrogen) atoms. The monoisotopic (exact) mass is 299 g/mol. The summed E-state index contributed by atoms with van der Waals surface area (Å²) in [5.74, 6) is -0.486. The third-order valence-electron chi connectivity index (χ3n) is 2.39. The lowest BCUT2D eigenvalue weighted by Gasteiger charge is -2.20. The maximum absolute atomic E-state index is 11.7. The molecule has 1 heterocycles. The number of hydrogen-bond donors (Lipinski definition) is 4. The molecule has 1 atom stereocenters. The van der Waals surface area contributed by atoms with E-state index >= 15 is 0 Å². The van der Waals surface area contributed by atoms with Gasteiger partial charge in [0.25, 0.3) is 5.91 Å². The Balaban J connectivity index is 2.45. The smallest absolute Gasteiger partial charge is 0.407 e. The van der Waals surface area contributed by atoms with E-state index in [1.54, 1.807) is 27.8 Å². The number of aromatic nitrogens is 2. The molecule has 118 valence electrons. The van der Waals surface area contributed by atoms with Crippen LogP contribution in [0.4, 0.5) is 16.3 Å². The largest absolute Gasteiger partial charge is 0.446 e. The van der Waals surface area contributed by atoms with E-state index in [4.69, 9.17) is 10.5 Å². The van der Waals surface area contributed by atoms with Gasteiger partial charge in [-0.25, -0.2) is 4.79 Å². The van der Waals surface area contributed by atoms with Crippen LogP contribution in [0, 0.1) is 0 Å². The zero-order chi connectivity index (χ0) is 16.2. The molecule has 0 aliphatic rings. The van der Waals surface area contributed by atoms with Crippen LogP contribution in [0.5, 0.6) is 0 Å². The first-order valence-electron chi connectivity index (χ1n) is 6.31. The molecule has 0 spiro atoms. The maximum atomic E-state index is 11.7. The number of aryl methyl sites for hydroxylation is 1. The van der Waals surface area contributed by atoms with Crippen LogP contribution in [-0.2, 0) is 16.6 Å². The van der Waals surface area contributed by atoms with Gasteiger partial charge in [-0.05, 0) is 20.8 Å². The summed E-state index contributed by atoms with van der Waals surface area (Å²) >= 11 is 0. The highest BCUT2D eigenvalue weighted by molar-refractivity contribution is 5.96. The molecule has 0 aliphatic heterocycles. The number of alkyl carbamates (subject to hydrolysis) is 1. The minimum Gasteiger partial charge on any atom is -0.446 e. The Hall–Kier alpha value is -2.29. The number of aliphatic hydroxyl groups excluding tert-OH is 1. The molecule has 0 aromatic carbocycles. The Kier molecular flexibility index (Phi) is 5.14. The van der Waals surface area contributed by atoms with Crippen molar-refractivity contribution >= 4 is 23.5 Å². The van der Waals surface area contributed by atoms with Crippen LogP contribution in [-0.4, -0.2) is 45.1 Å². The van der Waals surface area contributed by atoms with Crippen molar-refractivity contribution in [3.05, 3.63) is 6.20 Å². The molecule has 1 rings (SSSR count). The number of nitrogens with one attached hydrogen (secondary N) is 2. The zero-order valence-corrected chi connectivity index (χ0v) is 12.5. The van der Waals surface area contributed by atoms with Crippen molar-refractivity contribution in [1.82, 2.24) is 15.1 Å². The van der Waals surface area contributed by atoms with Crippen LogP contribution in [0.15, 0.2) is 6.20 Å². The normalized spacial score (nSPS) is 12.6. The van der Waals surface area contributed by atoms with Crippen molar-refractivity contribution in [2.75, 3.05) is 17.7 Å². The molecule has 0 saturated heterocycles. The van der Waals surface area contributed by atoms with Crippen LogP contribution in [0.2, 0.25) is 0 Å². The van der Waals surface area contributed by atoms with Gasteiger partial charge in [0.1, 0.15) is 18.1 Å². The van der Waals surface area contributed by atoms with Crippen molar-refractivity contribution in [2.45, 2.75) is 32.4 Å². The second-order valence-corrected chi connectivity index (χ2v) is 5.55. The van der Waals surface area contributed by atoms with E-state index in [9.17, 15) is 14.7 Å². The third-order valence-corrected chi connectivity index (χ3v) is 2.39. The fraction of sp³-hybridized carbons (Fsp3) is 0.583. The molecule has 9 heteroatoms. The van der Waals surface area contributed by atoms with E-state index in [0.717, 1.165) is 0 Å². The van der Waals surface area contributed by atoms with E-state index in [1.807, 2.05) is 0 Å². The van der Waals surface area contributed by atoms with Gasteiger partial charge in [-0.3, -0.25) is 9.48 Å². The summed E-state index contributed by atoms with van der Waals surface area (Å²) in [7, 11) is 1.61. The molecular formula is C12H21N5O4. The molecule has 0 bridgehead atoms. The van der Waals surface area contributed by atoms with Gasteiger partial charge >= 0.3 is 6.09 Å². The first-order valence-corrected chi connectivity index (χ1v) is 6.31. The van der Waals surface area contributed by atoms with Gasteiger partial charge in [0.15, 0.2) is 6.10 Å². The molecule has 5 N–H and O–H groups in total. The molecule has 1 aromatic heterocycles. The van der Waals surface area contributed by atoms with Crippen LogP contribution in [0.3, 0.4) is 0 Å². The number of nitrogens with zero attached hydrogens (tertiary/aromatic N) is 2. The quantitative estimate of drug-likeness (QED) is 0.610. The lowest BCUT2D eigenvalue weighted by Crippen LogP contribution is -2.42. The standard InChI is InChI=1S/C12H21N5O4/c1-12(2,3)16-11(20)21-6-8(18)10(19)15-7-5-14-17(4)9(7)13/h5,8,18H,6,13H2,1-4H3,(H,15,19)(H,16,20). The average Bonchev–Trinajstić information content (AvgIpc) is 2.65. The molecule has 2 amide bonds. The number of nitrogen functional groups attached to an aromatic ring is 1. The molecule has 9 nitrogen and oxygen atoms in total. The highest BCUT2D eigenvalue weighted by atomic mass is 16.6. The number of amides is 2. The van der Waals surface area contributed by atoms with Crippen molar-refractivity contribution in [3.63, 3.8) is 0 Å². The third kappa shape index (κ3) is 5.30. The summed E-state index contributed by atoms with van der Waals surface area (Å²) in [6, 6.07) is 0. The first-order chi connectivity index (χ1) is 9.60. The Morgan fingerprint density at radius 3 is 2.62 bits per heavy atom. The van der Waals surface area contributed by atoms with Gasteiger partial charge in [0.05, 0.1) is 6.20 Å².